The maximum absolute atomic E-state index is 9.92. The largest absolute Gasteiger partial charge is 0.389 e. The third-order valence-electron chi connectivity index (χ3n) is 4.88. The molecule has 1 aliphatic carbocycles. The van der Waals surface area contributed by atoms with Crippen LogP contribution in [0.1, 0.15) is 44.3 Å². The third kappa shape index (κ3) is 2.84. The van der Waals surface area contributed by atoms with Crippen molar-refractivity contribution >= 4 is 5.69 Å². The summed E-state index contributed by atoms with van der Waals surface area (Å²) in [7, 11) is 0. The Balaban J connectivity index is 1.66. The summed E-state index contributed by atoms with van der Waals surface area (Å²) < 4.78 is 0. The van der Waals surface area contributed by atoms with E-state index in [0.717, 1.165) is 24.7 Å². The Labute approximate surface area is 122 Å². The van der Waals surface area contributed by atoms with Gasteiger partial charge in [0.15, 0.2) is 0 Å². The molecule has 1 aliphatic heterocycles. The van der Waals surface area contributed by atoms with Crippen LogP contribution >= 0.6 is 0 Å². The molecule has 3 heteroatoms. The van der Waals surface area contributed by atoms with Gasteiger partial charge in [-0.15, -0.1) is 0 Å². The molecule has 0 amide bonds. The second-order valence-corrected chi connectivity index (χ2v) is 6.20. The molecule has 1 heterocycles. The molecule has 0 spiro atoms. The Morgan fingerprint density at radius 2 is 1.70 bits per heavy atom. The van der Waals surface area contributed by atoms with Crippen molar-refractivity contribution in [1.82, 2.24) is 4.90 Å². The Morgan fingerprint density at radius 1 is 1.05 bits per heavy atom. The minimum Gasteiger partial charge on any atom is -0.389 e. The fraction of sp³-hybridized carbons (Fsp3) is 0.647. The zero-order valence-corrected chi connectivity index (χ0v) is 12.5. The Bertz CT molecular complexity index is 432. The Kier molecular flexibility index (Phi) is 4.27. The van der Waals surface area contributed by atoms with Crippen LogP contribution in [0.2, 0.25) is 0 Å². The van der Waals surface area contributed by atoms with Crippen molar-refractivity contribution in [1.29, 1.82) is 0 Å². The van der Waals surface area contributed by atoms with Crippen LogP contribution in [0.15, 0.2) is 24.3 Å². The van der Waals surface area contributed by atoms with Gasteiger partial charge in [-0.3, -0.25) is 4.90 Å². The topological polar surface area (TPSA) is 26.7 Å². The van der Waals surface area contributed by atoms with Gasteiger partial charge < -0.3 is 10.0 Å². The zero-order chi connectivity index (χ0) is 13.9. The summed E-state index contributed by atoms with van der Waals surface area (Å²) >= 11 is 0. The minimum atomic E-state index is -0.390. The van der Waals surface area contributed by atoms with E-state index in [0.29, 0.717) is 0 Å². The van der Waals surface area contributed by atoms with E-state index in [9.17, 15) is 5.11 Å². The van der Waals surface area contributed by atoms with Crippen LogP contribution in [0, 0.1) is 0 Å². The summed E-state index contributed by atoms with van der Waals surface area (Å²) in [5.41, 5.74) is 2.27. The quantitative estimate of drug-likeness (QED) is 0.918. The van der Waals surface area contributed by atoms with E-state index < -0.39 is 0 Å². The highest BCUT2D eigenvalue weighted by atomic mass is 16.3. The van der Waals surface area contributed by atoms with Crippen LogP contribution in [0.3, 0.4) is 0 Å². The van der Waals surface area contributed by atoms with Crippen LogP contribution in [-0.2, 0) is 0 Å². The highest BCUT2D eigenvalue weighted by Crippen LogP contribution is 2.29. The first-order valence-corrected chi connectivity index (χ1v) is 8.01. The standard InChI is InChI=1S/C17H26N2O/c1-14(20)16-8-4-5-9-17(16)19-12-10-18(11-13-19)15-6-2-3-7-15/h4-5,8-9,14-15,20H,2-3,6-7,10-13H2,1H3/t14-/m1/s1. The fourth-order valence-electron chi connectivity index (χ4n) is 3.73. The van der Waals surface area contributed by atoms with E-state index in [1.165, 1.54) is 44.5 Å². The third-order valence-corrected chi connectivity index (χ3v) is 4.88. The zero-order valence-electron chi connectivity index (χ0n) is 12.5. The molecule has 1 saturated heterocycles. The van der Waals surface area contributed by atoms with Gasteiger partial charge in [0.1, 0.15) is 0 Å². The smallest absolute Gasteiger partial charge is 0.0781 e. The predicted molar refractivity (Wildman–Crippen MR) is 83.1 cm³/mol. The lowest BCUT2D eigenvalue weighted by atomic mass is 10.1. The van der Waals surface area contributed by atoms with Crippen molar-refractivity contribution in [3.05, 3.63) is 29.8 Å². The molecule has 1 aromatic rings. The number of hydrogen-bond acceptors (Lipinski definition) is 3. The van der Waals surface area contributed by atoms with Crippen molar-refractivity contribution < 1.29 is 5.11 Å². The van der Waals surface area contributed by atoms with Gasteiger partial charge in [-0.05, 0) is 25.8 Å². The monoisotopic (exact) mass is 274 g/mol. The molecule has 1 atom stereocenters. The average Bonchev–Trinajstić information content (AvgIpc) is 3.02. The molecule has 0 bridgehead atoms. The molecule has 1 saturated carbocycles. The SMILES string of the molecule is C[C@@H](O)c1ccccc1N1CCN(C2CCCC2)CC1. The van der Waals surface area contributed by atoms with Gasteiger partial charge in [-0.2, -0.15) is 0 Å². The molecular formula is C17H26N2O. The fourth-order valence-corrected chi connectivity index (χ4v) is 3.73. The summed E-state index contributed by atoms with van der Waals surface area (Å²) in [5.74, 6) is 0. The number of rotatable bonds is 3. The summed E-state index contributed by atoms with van der Waals surface area (Å²) in [6.07, 6.45) is 5.22. The first-order chi connectivity index (χ1) is 9.75. The number of anilines is 1. The van der Waals surface area contributed by atoms with E-state index in [4.69, 9.17) is 0 Å². The van der Waals surface area contributed by atoms with E-state index >= 15 is 0 Å². The molecule has 3 nitrogen and oxygen atoms in total. The van der Waals surface area contributed by atoms with Gasteiger partial charge in [0, 0.05) is 43.5 Å². The first-order valence-electron chi connectivity index (χ1n) is 8.01. The van der Waals surface area contributed by atoms with E-state index in [1.807, 2.05) is 19.1 Å². The molecule has 3 rings (SSSR count). The second-order valence-electron chi connectivity index (χ2n) is 6.20. The second kappa shape index (κ2) is 6.15. The number of piperazine rings is 1. The first kappa shape index (κ1) is 13.9. The van der Waals surface area contributed by atoms with Gasteiger partial charge in [0.05, 0.1) is 6.10 Å². The lowest BCUT2D eigenvalue weighted by Crippen LogP contribution is -2.50. The van der Waals surface area contributed by atoms with Crippen molar-refractivity contribution in [2.75, 3.05) is 31.1 Å². The van der Waals surface area contributed by atoms with Crippen molar-refractivity contribution in [3.8, 4) is 0 Å². The lowest BCUT2D eigenvalue weighted by molar-refractivity contribution is 0.185. The predicted octanol–water partition coefficient (Wildman–Crippen LogP) is 2.80. The number of benzene rings is 1. The molecule has 110 valence electrons. The number of para-hydroxylation sites is 1. The molecule has 20 heavy (non-hydrogen) atoms. The van der Waals surface area contributed by atoms with E-state index in [-0.39, 0.29) is 6.10 Å². The van der Waals surface area contributed by atoms with Gasteiger partial charge in [-0.1, -0.05) is 31.0 Å². The highest BCUT2D eigenvalue weighted by molar-refractivity contribution is 5.54. The van der Waals surface area contributed by atoms with Gasteiger partial charge in [0.25, 0.3) is 0 Å². The maximum atomic E-state index is 9.92. The van der Waals surface area contributed by atoms with Gasteiger partial charge >= 0.3 is 0 Å². The van der Waals surface area contributed by atoms with Crippen molar-refractivity contribution in [2.24, 2.45) is 0 Å². The van der Waals surface area contributed by atoms with Gasteiger partial charge in [-0.25, -0.2) is 0 Å². The van der Waals surface area contributed by atoms with Crippen LogP contribution in [0.25, 0.3) is 0 Å². The molecule has 0 aromatic heterocycles. The Hall–Kier alpha value is -1.06. The number of aliphatic hydroxyl groups is 1. The van der Waals surface area contributed by atoms with E-state index in [1.54, 1.807) is 0 Å². The molecule has 0 radical (unpaired) electrons. The van der Waals surface area contributed by atoms with Crippen LogP contribution in [0.5, 0.6) is 0 Å². The van der Waals surface area contributed by atoms with Crippen molar-refractivity contribution in [3.63, 3.8) is 0 Å². The number of hydrogen-bond donors (Lipinski definition) is 1. The van der Waals surface area contributed by atoms with Crippen LogP contribution < -0.4 is 4.90 Å². The molecule has 2 fully saturated rings. The number of aliphatic hydroxyl groups excluding tert-OH is 1. The summed E-state index contributed by atoms with van der Waals surface area (Å²) in [6, 6.07) is 9.12. The minimum absolute atomic E-state index is 0.390. The summed E-state index contributed by atoms with van der Waals surface area (Å²) in [5, 5.41) is 9.92. The lowest BCUT2D eigenvalue weighted by Gasteiger charge is -2.40. The Morgan fingerprint density at radius 3 is 2.35 bits per heavy atom. The molecule has 1 aromatic carbocycles. The molecular weight excluding hydrogens is 248 g/mol. The van der Waals surface area contributed by atoms with Gasteiger partial charge in [0.2, 0.25) is 0 Å². The maximum Gasteiger partial charge on any atom is 0.0781 e. The van der Waals surface area contributed by atoms with Crippen molar-refractivity contribution in [2.45, 2.75) is 44.8 Å². The molecule has 1 N–H and O–H groups in total. The van der Waals surface area contributed by atoms with E-state index in [2.05, 4.69) is 21.9 Å². The number of nitrogens with zero attached hydrogens (tertiary/aromatic N) is 2. The summed E-state index contributed by atoms with van der Waals surface area (Å²) in [4.78, 5) is 5.11. The molecule has 0 unspecified atom stereocenters. The molecule has 2 aliphatic rings. The van der Waals surface area contributed by atoms with Crippen LogP contribution in [0.4, 0.5) is 5.69 Å². The average molecular weight is 274 g/mol. The summed E-state index contributed by atoms with van der Waals surface area (Å²) in [6.45, 7) is 6.35. The normalized spacial score (nSPS) is 23.2. The highest BCUT2D eigenvalue weighted by Gasteiger charge is 2.26. The van der Waals surface area contributed by atoms with Crippen LogP contribution in [-0.4, -0.2) is 42.2 Å².